The summed E-state index contributed by atoms with van der Waals surface area (Å²) in [6, 6.07) is 7.61. The van der Waals surface area contributed by atoms with Crippen LogP contribution in [0.4, 0.5) is 11.4 Å². The molecular formula is C12H13N3O2. The molecule has 1 aliphatic rings. The lowest BCUT2D eigenvalue weighted by Crippen LogP contribution is -2.39. The van der Waals surface area contributed by atoms with Gasteiger partial charge in [-0.15, -0.1) is 0 Å². The number of amides is 1. The summed E-state index contributed by atoms with van der Waals surface area (Å²) >= 11 is 0. The van der Waals surface area contributed by atoms with E-state index in [0.717, 1.165) is 11.4 Å². The molecule has 0 saturated heterocycles. The van der Waals surface area contributed by atoms with Crippen LogP contribution in [-0.2, 0) is 4.79 Å². The van der Waals surface area contributed by atoms with Crippen LogP contribution in [0.5, 0.6) is 5.75 Å². The van der Waals surface area contributed by atoms with Crippen LogP contribution < -0.4 is 15.0 Å². The molecule has 0 radical (unpaired) electrons. The van der Waals surface area contributed by atoms with Crippen molar-refractivity contribution in [2.75, 3.05) is 30.4 Å². The lowest BCUT2D eigenvalue weighted by molar-refractivity contribution is -0.121. The monoisotopic (exact) mass is 231 g/mol. The van der Waals surface area contributed by atoms with Crippen LogP contribution in [-0.4, -0.2) is 26.1 Å². The SMILES string of the molecule is CNc1ccc2c(c1)N(CCC#N)C(=O)CO2. The average Bonchev–Trinajstić information content (AvgIpc) is 2.37. The van der Waals surface area contributed by atoms with E-state index in [1.165, 1.54) is 0 Å². The van der Waals surface area contributed by atoms with E-state index in [9.17, 15) is 4.79 Å². The van der Waals surface area contributed by atoms with E-state index >= 15 is 0 Å². The van der Waals surface area contributed by atoms with Crippen molar-refractivity contribution in [3.05, 3.63) is 18.2 Å². The minimum atomic E-state index is -0.110. The zero-order chi connectivity index (χ0) is 12.3. The predicted molar refractivity (Wildman–Crippen MR) is 64.1 cm³/mol. The van der Waals surface area contributed by atoms with Crippen LogP contribution in [0.2, 0.25) is 0 Å². The largest absolute Gasteiger partial charge is 0.482 e. The van der Waals surface area contributed by atoms with Gasteiger partial charge in [-0.3, -0.25) is 4.79 Å². The topological polar surface area (TPSA) is 65.4 Å². The van der Waals surface area contributed by atoms with E-state index in [1.807, 2.05) is 31.3 Å². The molecule has 88 valence electrons. The summed E-state index contributed by atoms with van der Waals surface area (Å²) in [4.78, 5) is 13.3. The highest BCUT2D eigenvalue weighted by Crippen LogP contribution is 2.34. The Morgan fingerprint density at radius 3 is 3.12 bits per heavy atom. The van der Waals surface area contributed by atoms with Crippen LogP contribution in [0, 0.1) is 11.3 Å². The zero-order valence-corrected chi connectivity index (χ0v) is 9.56. The first-order valence-corrected chi connectivity index (χ1v) is 5.38. The third-order valence-corrected chi connectivity index (χ3v) is 2.64. The highest BCUT2D eigenvalue weighted by atomic mass is 16.5. The van der Waals surface area contributed by atoms with Gasteiger partial charge in [0.15, 0.2) is 6.61 Å². The van der Waals surface area contributed by atoms with Crippen LogP contribution in [0.15, 0.2) is 18.2 Å². The maximum absolute atomic E-state index is 11.7. The molecule has 0 bridgehead atoms. The molecule has 1 aliphatic heterocycles. The minimum absolute atomic E-state index is 0.0390. The van der Waals surface area contributed by atoms with Crippen molar-refractivity contribution in [3.8, 4) is 11.8 Å². The van der Waals surface area contributed by atoms with Crippen molar-refractivity contribution in [2.45, 2.75) is 6.42 Å². The third kappa shape index (κ3) is 2.16. The molecule has 0 spiro atoms. The standard InChI is InChI=1S/C12H13N3O2/c1-14-9-3-4-11-10(7-9)15(6-2-5-13)12(16)8-17-11/h3-4,7,14H,2,6,8H2,1H3. The molecule has 2 rings (SSSR count). The van der Waals surface area contributed by atoms with Gasteiger partial charge < -0.3 is 15.0 Å². The Kier molecular flexibility index (Phi) is 3.15. The molecule has 17 heavy (non-hydrogen) atoms. The number of rotatable bonds is 3. The van der Waals surface area contributed by atoms with E-state index in [4.69, 9.17) is 10.00 Å². The number of fused-ring (bicyclic) bond motifs is 1. The average molecular weight is 231 g/mol. The molecule has 0 aromatic heterocycles. The number of hydrogen-bond donors (Lipinski definition) is 1. The van der Waals surface area contributed by atoms with Crippen LogP contribution in [0.25, 0.3) is 0 Å². The zero-order valence-electron chi connectivity index (χ0n) is 9.56. The van der Waals surface area contributed by atoms with Gasteiger partial charge in [-0.2, -0.15) is 5.26 Å². The van der Waals surface area contributed by atoms with Gasteiger partial charge in [0.25, 0.3) is 5.91 Å². The Balaban J connectivity index is 2.35. The van der Waals surface area contributed by atoms with E-state index in [-0.39, 0.29) is 12.5 Å². The lowest BCUT2D eigenvalue weighted by Gasteiger charge is -2.29. The highest BCUT2D eigenvalue weighted by molar-refractivity contribution is 5.98. The van der Waals surface area contributed by atoms with Gasteiger partial charge in [-0.1, -0.05) is 0 Å². The first-order valence-electron chi connectivity index (χ1n) is 5.38. The molecular weight excluding hydrogens is 218 g/mol. The molecule has 0 fully saturated rings. The summed E-state index contributed by atoms with van der Waals surface area (Å²) < 4.78 is 5.34. The molecule has 5 nitrogen and oxygen atoms in total. The molecule has 1 N–H and O–H groups in total. The Morgan fingerprint density at radius 1 is 1.59 bits per heavy atom. The first kappa shape index (κ1) is 11.3. The molecule has 5 heteroatoms. The molecule has 0 atom stereocenters. The molecule has 0 saturated carbocycles. The Bertz CT molecular complexity index is 479. The predicted octanol–water partition coefficient (Wildman–Crippen LogP) is 1.37. The Hall–Kier alpha value is -2.22. The van der Waals surface area contributed by atoms with Crippen LogP contribution >= 0.6 is 0 Å². The van der Waals surface area contributed by atoms with Crippen molar-refractivity contribution >= 4 is 17.3 Å². The Morgan fingerprint density at radius 2 is 2.41 bits per heavy atom. The summed E-state index contributed by atoms with van der Waals surface area (Å²) in [6.45, 7) is 0.441. The third-order valence-electron chi connectivity index (χ3n) is 2.64. The number of anilines is 2. The highest BCUT2D eigenvalue weighted by Gasteiger charge is 2.25. The van der Waals surface area contributed by atoms with Crippen LogP contribution in [0.3, 0.4) is 0 Å². The second-order valence-electron chi connectivity index (χ2n) is 3.67. The number of carbonyl (C=O) groups is 1. The molecule has 1 heterocycles. The summed E-state index contributed by atoms with van der Waals surface area (Å²) in [5.41, 5.74) is 1.63. The van der Waals surface area contributed by atoms with E-state index in [0.29, 0.717) is 18.7 Å². The van der Waals surface area contributed by atoms with Gasteiger partial charge in [0.1, 0.15) is 5.75 Å². The number of benzene rings is 1. The molecule has 0 aliphatic carbocycles. The van der Waals surface area contributed by atoms with Gasteiger partial charge in [0, 0.05) is 19.3 Å². The lowest BCUT2D eigenvalue weighted by atomic mass is 10.2. The van der Waals surface area contributed by atoms with Gasteiger partial charge in [0.05, 0.1) is 18.2 Å². The fourth-order valence-corrected chi connectivity index (χ4v) is 1.76. The molecule has 1 amide bonds. The van der Waals surface area contributed by atoms with E-state index in [2.05, 4.69) is 5.32 Å². The maximum atomic E-state index is 11.7. The van der Waals surface area contributed by atoms with Crippen LogP contribution in [0.1, 0.15) is 6.42 Å². The second kappa shape index (κ2) is 4.74. The van der Waals surface area contributed by atoms with Crippen molar-refractivity contribution in [2.24, 2.45) is 0 Å². The number of ether oxygens (including phenoxy) is 1. The maximum Gasteiger partial charge on any atom is 0.265 e. The summed E-state index contributed by atoms with van der Waals surface area (Å²) in [7, 11) is 1.81. The first-order chi connectivity index (χ1) is 8.26. The van der Waals surface area contributed by atoms with Crippen molar-refractivity contribution in [1.82, 2.24) is 0 Å². The second-order valence-corrected chi connectivity index (χ2v) is 3.67. The minimum Gasteiger partial charge on any atom is -0.482 e. The normalized spacial score (nSPS) is 13.6. The number of carbonyl (C=O) groups excluding carboxylic acids is 1. The quantitative estimate of drug-likeness (QED) is 0.853. The van der Waals surface area contributed by atoms with Crippen molar-refractivity contribution < 1.29 is 9.53 Å². The van der Waals surface area contributed by atoms with E-state index in [1.54, 1.807) is 4.90 Å². The smallest absolute Gasteiger partial charge is 0.265 e. The van der Waals surface area contributed by atoms with Gasteiger partial charge in [-0.25, -0.2) is 0 Å². The molecule has 1 aromatic rings. The molecule has 0 unspecified atom stereocenters. The number of hydrogen-bond acceptors (Lipinski definition) is 4. The number of nitriles is 1. The van der Waals surface area contributed by atoms with E-state index < -0.39 is 0 Å². The molecule has 1 aromatic carbocycles. The number of nitrogens with zero attached hydrogens (tertiary/aromatic N) is 2. The summed E-state index contributed by atoms with van der Waals surface area (Å²) in [5, 5.41) is 11.6. The Labute approximate surface area is 99.6 Å². The summed E-state index contributed by atoms with van der Waals surface area (Å²) in [6.07, 6.45) is 0.314. The number of nitrogens with one attached hydrogen (secondary N) is 1. The van der Waals surface area contributed by atoms with Gasteiger partial charge in [0.2, 0.25) is 0 Å². The summed E-state index contributed by atoms with van der Waals surface area (Å²) in [5.74, 6) is 0.572. The van der Waals surface area contributed by atoms with Gasteiger partial charge in [-0.05, 0) is 18.2 Å². The van der Waals surface area contributed by atoms with Crippen molar-refractivity contribution in [1.29, 1.82) is 5.26 Å². The van der Waals surface area contributed by atoms with Crippen molar-refractivity contribution in [3.63, 3.8) is 0 Å². The van der Waals surface area contributed by atoms with Gasteiger partial charge >= 0.3 is 0 Å². The fraction of sp³-hybridized carbons (Fsp3) is 0.333. The fourth-order valence-electron chi connectivity index (χ4n) is 1.76.